The number of fused-ring (bicyclic) bond motifs is 1. The summed E-state index contributed by atoms with van der Waals surface area (Å²) in [5, 5.41) is 11.1. The number of thiophene rings is 2. The third kappa shape index (κ3) is 6.79. The van der Waals surface area contributed by atoms with Gasteiger partial charge < -0.3 is 25.2 Å². The first-order valence-corrected chi connectivity index (χ1v) is 14.7. The first kappa shape index (κ1) is 28.2. The summed E-state index contributed by atoms with van der Waals surface area (Å²) in [5.74, 6) is -0.780. The molecule has 38 heavy (non-hydrogen) atoms. The van der Waals surface area contributed by atoms with Gasteiger partial charge >= 0.3 is 0 Å². The van der Waals surface area contributed by atoms with Crippen molar-refractivity contribution >= 4 is 50.5 Å². The van der Waals surface area contributed by atoms with E-state index in [9.17, 15) is 14.4 Å². The Kier molecular flexibility index (Phi) is 9.90. The molecule has 1 saturated heterocycles. The number of carbonyl (C=O) groups is 3. The topological polar surface area (TPSA) is 91.0 Å². The van der Waals surface area contributed by atoms with Crippen LogP contribution in [-0.2, 0) is 32.0 Å². The van der Waals surface area contributed by atoms with E-state index < -0.39 is 12.1 Å². The van der Waals surface area contributed by atoms with Crippen molar-refractivity contribution in [2.45, 2.75) is 43.8 Å². The summed E-state index contributed by atoms with van der Waals surface area (Å²) in [7, 11) is 4.87. The molecule has 204 valence electrons. The Bertz CT molecular complexity index is 1220. The summed E-state index contributed by atoms with van der Waals surface area (Å²) >= 11 is 3.17. The first-order valence-electron chi connectivity index (χ1n) is 12.9. The molecule has 1 aromatic carbocycles. The van der Waals surface area contributed by atoms with E-state index in [-0.39, 0.29) is 30.4 Å². The maximum absolute atomic E-state index is 14.0. The highest BCUT2D eigenvalue weighted by atomic mass is 32.1. The second-order valence-electron chi connectivity index (χ2n) is 9.65. The minimum atomic E-state index is -0.783. The van der Waals surface area contributed by atoms with Gasteiger partial charge in [-0.2, -0.15) is 0 Å². The fourth-order valence-electron chi connectivity index (χ4n) is 4.83. The van der Waals surface area contributed by atoms with Crippen molar-refractivity contribution in [3.05, 3.63) is 57.6 Å². The molecule has 3 aromatic rings. The summed E-state index contributed by atoms with van der Waals surface area (Å²) in [6.45, 7) is 1.34. The third-order valence-electron chi connectivity index (χ3n) is 7.17. The molecule has 0 aliphatic carbocycles. The van der Waals surface area contributed by atoms with Crippen LogP contribution in [-0.4, -0.2) is 86.5 Å². The number of likely N-dealkylation sites (N-methyl/N-ethyl adjacent to an activating group) is 3. The first-order chi connectivity index (χ1) is 18.4. The van der Waals surface area contributed by atoms with Crippen LogP contribution in [0.1, 0.15) is 23.3 Å². The lowest BCUT2D eigenvalue weighted by Crippen LogP contribution is -2.56. The minimum absolute atomic E-state index is 0.0966. The molecular weight excluding hydrogens is 520 g/mol. The Hall–Kier alpha value is -2.79. The maximum Gasteiger partial charge on any atom is 0.249 e. The van der Waals surface area contributed by atoms with Gasteiger partial charge in [0.25, 0.3) is 0 Å². The molecule has 3 heterocycles. The Morgan fingerprint density at radius 2 is 1.89 bits per heavy atom. The lowest BCUT2D eigenvalue weighted by molar-refractivity contribution is -0.149. The normalized spacial score (nSPS) is 16.8. The summed E-state index contributed by atoms with van der Waals surface area (Å²) < 4.78 is 6.86. The number of carbonyl (C=O) groups excluding carboxylic acids is 3. The fourth-order valence-corrected chi connectivity index (χ4v) is 6.55. The highest BCUT2D eigenvalue weighted by molar-refractivity contribution is 7.17. The van der Waals surface area contributed by atoms with E-state index in [1.807, 2.05) is 41.1 Å². The van der Waals surface area contributed by atoms with Gasteiger partial charge in [0.1, 0.15) is 18.7 Å². The van der Waals surface area contributed by atoms with Gasteiger partial charge in [-0.25, -0.2) is 0 Å². The van der Waals surface area contributed by atoms with Crippen molar-refractivity contribution < 1.29 is 19.1 Å². The number of hydrogen-bond acceptors (Lipinski definition) is 7. The van der Waals surface area contributed by atoms with Crippen LogP contribution >= 0.6 is 22.7 Å². The lowest BCUT2D eigenvalue weighted by Gasteiger charge is -2.34. The molecule has 0 saturated carbocycles. The molecule has 1 fully saturated rings. The number of nitrogens with one attached hydrogen (secondary N) is 2. The van der Waals surface area contributed by atoms with Gasteiger partial charge in [-0.1, -0.05) is 24.3 Å². The maximum atomic E-state index is 14.0. The van der Waals surface area contributed by atoms with Crippen LogP contribution in [0.25, 0.3) is 10.1 Å². The van der Waals surface area contributed by atoms with Gasteiger partial charge in [0.05, 0.1) is 6.61 Å². The molecule has 0 spiro atoms. The van der Waals surface area contributed by atoms with Crippen molar-refractivity contribution in [2.24, 2.45) is 0 Å². The van der Waals surface area contributed by atoms with E-state index in [1.54, 1.807) is 43.8 Å². The fraction of sp³-hybridized carbons (Fsp3) is 0.464. The van der Waals surface area contributed by atoms with Gasteiger partial charge in [-0.15, -0.1) is 22.7 Å². The quantitative estimate of drug-likeness (QED) is 0.358. The predicted molar refractivity (Wildman–Crippen MR) is 153 cm³/mol. The molecule has 0 radical (unpaired) electrons. The number of benzene rings is 1. The molecule has 1 aliphatic rings. The molecule has 0 bridgehead atoms. The van der Waals surface area contributed by atoms with Crippen molar-refractivity contribution in [3.63, 3.8) is 0 Å². The van der Waals surface area contributed by atoms with Crippen LogP contribution in [0.3, 0.4) is 0 Å². The van der Waals surface area contributed by atoms with E-state index in [0.717, 1.165) is 39.9 Å². The lowest BCUT2D eigenvalue weighted by atomic mass is 10.0. The van der Waals surface area contributed by atoms with E-state index in [0.29, 0.717) is 19.4 Å². The molecule has 1 aliphatic heterocycles. The zero-order valence-electron chi connectivity index (χ0n) is 22.1. The second-order valence-corrected chi connectivity index (χ2v) is 11.6. The van der Waals surface area contributed by atoms with Gasteiger partial charge in [0.15, 0.2) is 0 Å². The Balaban J connectivity index is 1.55. The highest BCUT2D eigenvalue weighted by Gasteiger charge is 2.35. The Morgan fingerprint density at radius 1 is 1.08 bits per heavy atom. The second kappa shape index (κ2) is 13.3. The molecule has 3 atom stereocenters. The Morgan fingerprint density at radius 3 is 2.61 bits per heavy atom. The SMILES string of the molecule is CNC(=O)[C@@H](Cc1cccs1)N(C)C(=O)C(Cc1csc2ccccc12)N(C)C(=O)COC[C@@H]1CCCN1. The molecule has 2 N–H and O–H groups in total. The van der Waals surface area contributed by atoms with Crippen LogP contribution in [0, 0.1) is 0 Å². The Labute approximate surface area is 232 Å². The van der Waals surface area contributed by atoms with Crippen molar-refractivity contribution in [2.75, 3.05) is 40.9 Å². The largest absolute Gasteiger partial charge is 0.370 e. The van der Waals surface area contributed by atoms with Gasteiger partial charge in [0, 0.05) is 49.6 Å². The highest BCUT2D eigenvalue weighted by Crippen LogP contribution is 2.28. The molecule has 10 heteroatoms. The number of ether oxygens (including phenoxy) is 1. The van der Waals surface area contributed by atoms with E-state index >= 15 is 0 Å². The van der Waals surface area contributed by atoms with Gasteiger partial charge in [-0.3, -0.25) is 14.4 Å². The van der Waals surface area contributed by atoms with Crippen LogP contribution in [0.15, 0.2) is 47.2 Å². The van der Waals surface area contributed by atoms with Crippen LogP contribution in [0.4, 0.5) is 0 Å². The molecule has 2 aromatic heterocycles. The molecule has 3 amide bonds. The molecule has 4 rings (SSSR count). The molecular formula is C28H36N4O4S2. The third-order valence-corrected chi connectivity index (χ3v) is 9.08. The number of rotatable bonds is 12. The van der Waals surface area contributed by atoms with Gasteiger partial charge in [-0.05, 0) is 53.2 Å². The van der Waals surface area contributed by atoms with Crippen molar-refractivity contribution in [1.29, 1.82) is 0 Å². The van der Waals surface area contributed by atoms with E-state index in [4.69, 9.17) is 4.74 Å². The van der Waals surface area contributed by atoms with Crippen LogP contribution in [0.5, 0.6) is 0 Å². The van der Waals surface area contributed by atoms with Crippen molar-refractivity contribution in [3.8, 4) is 0 Å². The average Bonchev–Trinajstić information content (AvgIpc) is 3.72. The van der Waals surface area contributed by atoms with Crippen LogP contribution in [0.2, 0.25) is 0 Å². The summed E-state index contributed by atoms with van der Waals surface area (Å²) in [6, 6.07) is 10.7. The number of nitrogens with zero attached hydrogens (tertiary/aromatic N) is 2. The summed E-state index contributed by atoms with van der Waals surface area (Å²) in [4.78, 5) is 44.1. The smallest absolute Gasteiger partial charge is 0.249 e. The van der Waals surface area contributed by atoms with E-state index in [2.05, 4.69) is 16.7 Å². The van der Waals surface area contributed by atoms with E-state index in [1.165, 1.54) is 9.80 Å². The summed E-state index contributed by atoms with van der Waals surface area (Å²) in [5.41, 5.74) is 1.00. The summed E-state index contributed by atoms with van der Waals surface area (Å²) in [6.07, 6.45) is 2.89. The molecule has 8 nitrogen and oxygen atoms in total. The zero-order chi connectivity index (χ0) is 27.1. The predicted octanol–water partition coefficient (Wildman–Crippen LogP) is 2.92. The zero-order valence-corrected chi connectivity index (χ0v) is 23.8. The van der Waals surface area contributed by atoms with Crippen LogP contribution < -0.4 is 10.6 Å². The standard InChI is InChI=1S/C28H36N4O4S2/c1-29-27(34)23(15-21-9-7-13-37-21)32(3)28(35)24(14-19-18-38-25-11-5-4-10-22(19)25)31(2)26(33)17-36-16-20-8-6-12-30-20/h4-5,7,9-11,13,18,20,23-24,30H,6,8,12,14-17H2,1-3H3,(H,29,34)/t20-,23+,24?/m0/s1. The van der Waals surface area contributed by atoms with Gasteiger partial charge in [0.2, 0.25) is 17.7 Å². The van der Waals surface area contributed by atoms with Crippen molar-refractivity contribution in [1.82, 2.24) is 20.4 Å². The molecule has 1 unspecified atom stereocenters. The average molecular weight is 557 g/mol. The monoisotopic (exact) mass is 556 g/mol. The number of amides is 3. The number of hydrogen-bond donors (Lipinski definition) is 2. The minimum Gasteiger partial charge on any atom is -0.370 e.